The Morgan fingerprint density at radius 2 is 1.95 bits per heavy atom. The molecule has 1 aromatic heterocycles. The Kier molecular flexibility index (Phi) is 5.81. The third-order valence-corrected chi connectivity index (χ3v) is 3.01. The van der Waals surface area contributed by atoms with Gasteiger partial charge in [-0.15, -0.1) is 0 Å². The highest BCUT2D eigenvalue weighted by molar-refractivity contribution is 5.68. The van der Waals surface area contributed by atoms with Gasteiger partial charge in [0.25, 0.3) is 0 Å². The van der Waals surface area contributed by atoms with E-state index >= 15 is 0 Å². The average Bonchev–Trinajstić information content (AvgIpc) is 2.73. The Balaban J connectivity index is 2.90. The summed E-state index contributed by atoms with van der Waals surface area (Å²) in [7, 11) is 0. The zero-order valence-corrected chi connectivity index (χ0v) is 14.3. The van der Waals surface area contributed by atoms with Gasteiger partial charge in [0, 0.05) is 6.04 Å². The molecule has 1 amide bonds. The number of hydrogen-bond acceptors (Lipinski definition) is 3. The van der Waals surface area contributed by atoms with Crippen LogP contribution in [0.15, 0.2) is 12.5 Å². The van der Waals surface area contributed by atoms with Gasteiger partial charge in [-0.3, -0.25) is 0 Å². The van der Waals surface area contributed by atoms with Crippen LogP contribution in [-0.4, -0.2) is 21.2 Å². The molecule has 0 saturated carbocycles. The smallest absolute Gasteiger partial charge is 0.408 e. The molecular weight excluding hydrogens is 266 g/mol. The lowest BCUT2D eigenvalue weighted by Crippen LogP contribution is -2.36. The van der Waals surface area contributed by atoms with Crippen LogP contribution in [0.3, 0.4) is 0 Å². The van der Waals surface area contributed by atoms with Crippen molar-refractivity contribution < 1.29 is 9.53 Å². The minimum absolute atomic E-state index is 0.0928. The number of rotatable bonds is 5. The lowest BCUT2D eigenvalue weighted by molar-refractivity contribution is 0.0495. The molecule has 1 unspecified atom stereocenters. The molecule has 120 valence electrons. The molecule has 0 aliphatic carbocycles. The predicted octanol–water partition coefficient (Wildman–Crippen LogP) is 4.08. The summed E-state index contributed by atoms with van der Waals surface area (Å²) in [5.74, 6) is 0.459. The van der Waals surface area contributed by atoms with Crippen molar-refractivity contribution in [2.75, 3.05) is 0 Å². The molecular formula is C16H29N3O2. The van der Waals surface area contributed by atoms with Crippen LogP contribution in [0, 0.1) is 5.92 Å². The number of ether oxygens (including phenoxy) is 1. The van der Waals surface area contributed by atoms with Gasteiger partial charge in [-0.05, 0) is 47.0 Å². The fourth-order valence-electron chi connectivity index (χ4n) is 2.19. The average molecular weight is 295 g/mol. The second-order valence-electron chi connectivity index (χ2n) is 7.15. The first kappa shape index (κ1) is 17.5. The molecule has 5 heteroatoms. The highest BCUT2D eigenvalue weighted by Crippen LogP contribution is 2.24. The van der Waals surface area contributed by atoms with E-state index in [4.69, 9.17) is 4.74 Å². The lowest BCUT2D eigenvalue weighted by atomic mass is 10.0. The maximum Gasteiger partial charge on any atom is 0.408 e. The molecule has 1 atom stereocenters. The standard InChI is InChI=1S/C16H29N3O2/c1-11(2)8-13(18-15(20)21-16(5,6)7)14-9-17-10-19(14)12(3)4/h9-13H,8H2,1-7H3,(H,18,20). The van der Waals surface area contributed by atoms with Crippen molar-refractivity contribution in [1.82, 2.24) is 14.9 Å². The van der Waals surface area contributed by atoms with Crippen molar-refractivity contribution in [1.29, 1.82) is 0 Å². The normalized spacial score (nSPS) is 13.6. The van der Waals surface area contributed by atoms with E-state index in [2.05, 4.69) is 42.6 Å². The Bertz CT molecular complexity index is 458. The molecule has 1 rings (SSSR count). The molecule has 5 nitrogen and oxygen atoms in total. The van der Waals surface area contributed by atoms with Crippen LogP contribution >= 0.6 is 0 Å². The fraction of sp³-hybridized carbons (Fsp3) is 0.750. The molecule has 0 aromatic carbocycles. The van der Waals surface area contributed by atoms with Gasteiger partial charge in [0.2, 0.25) is 0 Å². The number of amides is 1. The quantitative estimate of drug-likeness (QED) is 0.890. The molecule has 0 aliphatic heterocycles. The van der Waals surface area contributed by atoms with Gasteiger partial charge < -0.3 is 14.6 Å². The van der Waals surface area contributed by atoms with Gasteiger partial charge in [0.05, 0.1) is 24.3 Å². The van der Waals surface area contributed by atoms with E-state index < -0.39 is 5.60 Å². The van der Waals surface area contributed by atoms with Crippen LogP contribution < -0.4 is 5.32 Å². The van der Waals surface area contributed by atoms with Gasteiger partial charge in [-0.2, -0.15) is 0 Å². The first-order valence-electron chi connectivity index (χ1n) is 7.61. The summed E-state index contributed by atoms with van der Waals surface area (Å²) < 4.78 is 7.46. The van der Waals surface area contributed by atoms with Gasteiger partial charge in [0.1, 0.15) is 5.60 Å². The van der Waals surface area contributed by atoms with E-state index in [1.165, 1.54) is 0 Å². The van der Waals surface area contributed by atoms with E-state index in [-0.39, 0.29) is 12.1 Å². The maximum atomic E-state index is 12.1. The number of imidazole rings is 1. The molecule has 0 aliphatic rings. The second-order valence-corrected chi connectivity index (χ2v) is 7.15. The monoisotopic (exact) mass is 295 g/mol. The topological polar surface area (TPSA) is 56.1 Å². The van der Waals surface area contributed by atoms with Gasteiger partial charge in [-0.25, -0.2) is 9.78 Å². The number of carbonyl (C=O) groups is 1. The van der Waals surface area contributed by atoms with Crippen molar-refractivity contribution in [2.45, 2.75) is 72.6 Å². The first-order chi connectivity index (χ1) is 9.60. The Morgan fingerprint density at radius 3 is 2.43 bits per heavy atom. The zero-order valence-electron chi connectivity index (χ0n) is 14.3. The van der Waals surface area contributed by atoms with Crippen molar-refractivity contribution in [3.63, 3.8) is 0 Å². The highest BCUT2D eigenvalue weighted by atomic mass is 16.6. The van der Waals surface area contributed by atoms with E-state index in [0.717, 1.165) is 12.1 Å². The van der Waals surface area contributed by atoms with Gasteiger partial charge >= 0.3 is 6.09 Å². The van der Waals surface area contributed by atoms with E-state index in [9.17, 15) is 4.79 Å². The van der Waals surface area contributed by atoms with Crippen molar-refractivity contribution in [3.05, 3.63) is 18.2 Å². The molecule has 21 heavy (non-hydrogen) atoms. The SMILES string of the molecule is CC(C)CC(NC(=O)OC(C)(C)C)c1cncn1C(C)C. The van der Waals surface area contributed by atoms with Crippen molar-refractivity contribution in [2.24, 2.45) is 5.92 Å². The van der Waals surface area contributed by atoms with Crippen LogP contribution in [0.2, 0.25) is 0 Å². The Morgan fingerprint density at radius 1 is 1.33 bits per heavy atom. The van der Waals surface area contributed by atoms with E-state index in [0.29, 0.717) is 12.0 Å². The fourth-order valence-corrected chi connectivity index (χ4v) is 2.19. The number of carbonyl (C=O) groups excluding carboxylic acids is 1. The number of nitrogens with zero attached hydrogens (tertiary/aromatic N) is 2. The molecule has 0 radical (unpaired) electrons. The Labute approximate surface area is 128 Å². The van der Waals surface area contributed by atoms with Crippen molar-refractivity contribution in [3.8, 4) is 0 Å². The van der Waals surface area contributed by atoms with Gasteiger partial charge in [0.15, 0.2) is 0 Å². The maximum absolute atomic E-state index is 12.1. The molecule has 0 saturated heterocycles. The van der Waals surface area contributed by atoms with Crippen molar-refractivity contribution >= 4 is 6.09 Å². The Hall–Kier alpha value is -1.52. The molecule has 0 fully saturated rings. The zero-order chi connectivity index (χ0) is 16.2. The number of nitrogens with one attached hydrogen (secondary N) is 1. The first-order valence-corrected chi connectivity index (χ1v) is 7.61. The summed E-state index contributed by atoms with van der Waals surface area (Å²) in [6.07, 6.45) is 4.09. The van der Waals surface area contributed by atoms with Crippen LogP contribution in [0.5, 0.6) is 0 Å². The number of aromatic nitrogens is 2. The van der Waals surface area contributed by atoms with Crippen LogP contribution in [-0.2, 0) is 4.74 Å². The summed E-state index contributed by atoms with van der Waals surface area (Å²) in [6.45, 7) is 14.1. The van der Waals surface area contributed by atoms with Crippen LogP contribution in [0.1, 0.15) is 72.7 Å². The molecule has 1 N–H and O–H groups in total. The highest BCUT2D eigenvalue weighted by Gasteiger charge is 2.24. The summed E-state index contributed by atoms with van der Waals surface area (Å²) in [4.78, 5) is 16.3. The minimum Gasteiger partial charge on any atom is -0.444 e. The molecule has 1 heterocycles. The third-order valence-electron chi connectivity index (χ3n) is 3.01. The summed E-state index contributed by atoms with van der Waals surface area (Å²) in [5, 5.41) is 2.98. The summed E-state index contributed by atoms with van der Waals surface area (Å²) in [5.41, 5.74) is 0.523. The van der Waals surface area contributed by atoms with Crippen LogP contribution in [0.4, 0.5) is 4.79 Å². The largest absolute Gasteiger partial charge is 0.444 e. The second kappa shape index (κ2) is 6.96. The summed E-state index contributed by atoms with van der Waals surface area (Å²) in [6, 6.07) is 0.211. The number of hydrogen-bond donors (Lipinski definition) is 1. The van der Waals surface area contributed by atoms with Gasteiger partial charge in [-0.1, -0.05) is 13.8 Å². The molecule has 1 aromatic rings. The lowest BCUT2D eigenvalue weighted by Gasteiger charge is -2.26. The van der Waals surface area contributed by atoms with Crippen LogP contribution in [0.25, 0.3) is 0 Å². The minimum atomic E-state index is -0.495. The molecule has 0 bridgehead atoms. The number of alkyl carbamates (subject to hydrolysis) is 1. The molecule has 0 spiro atoms. The summed E-state index contributed by atoms with van der Waals surface area (Å²) >= 11 is 0. The van der Waals surface area contributed by atoms with E-state index in [1.54, 1.807) is 0 Å². The van der Waals surface area contributed by atoms with E-state index in [1.807, 2.05) is 33.3 Å². The third kappa shape index (κ3) is 5.78. The predicted molar refractivity (Wildman–Crippen MR) is 84.2 cm³/mol.